The van der Waals surface area contributed by atoms with E-state index in [-0.39, 0.29) is 0 Å². The Labute approximate surface area is 119 Å². The molecule has 20 heavy (non-hydrogen) atoms. The fourth-order valence-electron chi connectivity index (χ4n) is 2.00. The van der Waals surface area contributed by atoms with Crippen LogP contribution in [0.1, 0.15) is 29.2 Å². The highest BCUT2D eigenvalue weighted by Gasteiger charge is 2.07. The Morgan fingerprint density at radius 3 is 2.55 bits per heavy atom. The Bertz CT molecular complexity index is 633. The molecule has 0 bridgehead atoms. The van der Waals surface area contributed by atoms with Crippen molar-refractivity contribution in [3.63, 3.8) is 0 Å². The van der Waals surface area contributed by atoms with E-state index in [1.165, 1.54) is 11.1 Å². The highest BCUT2D eigenvalue weighted by atomic mass is 16.5. The van der Waals surface area contributed by atoms with Crippen molar-refractivity contribution < 1.29 is 9.94 Å². The fraction of sp³-hybridized carbons (Fsp3) is 0.235. The molecule has 0 heterocycles. The zero-order valence-corrected chi connectivity index (χ0v) is 12.1. The van der Waals surface area contributed by atoms with E-state index in [2.05, 4.69) is 37.2 Å². The molecule has 0 unspecified atom stereocenters. The second-order valence-electron chi connectivity index (χ2n) is 4.89. The third-order valence-electron chi connectivity index (χ3n) is 3.39. The molecule has 0 aromatic heterocycles. The maximum Gasteiger partial charge on any atom is 0.128 e. The van der Waals surface area contributed by atoms with E-state index < -0.39 is 0 Å². The first-order valence-electron chi connectivity index (χ1n) is 6.59. The molecule has 3 nitrogen and oxygen atoms in total. The predicted molar refractivity (Wildman–Crippen MR) is 80.7 cm³/mol. The fourth-order valence-corrected chi connectivity index (χ4v) is 2.00. The first kappa shape index (κ1) is 14.1. The Morgan fingerprint density at radius 1 is 1.10 bits per heavy atom. The Morgan fingerprint density at radius 2 is 1.85 bits per heavy atom. The summed E-state index contributed by atoms with van der Waals surface area (Å²) in [5.74, 6) is 0.723. The summed E-state index contributed by atoms with van der Waals surface area (Å²) in [7, 11) is 0. The van der Waals surface area contributed by atoms with Gasteiger partial charge in [0.15, 0.2) is 0 Å². The molecular weight excluding hydrogens is 250 g/mol. The number of hydrogen-bond donors (Lipinski definition) is 1. The lowest BCUT2D eigenvalue weighted by Crippen LogP contribution is -2.02. The molecule has 0 aliphatic carbocycles. The van der Waals surface area contributed by atoms with Gasteiger partial charge in [0, 0.05) is 5.56 Å². The number of ether oxygens (including phenoxy) is 1. The summed E-state index contributed by atoms with van der Waals surface area (Å²) in [5, 5.41) is 12.1. The maximum absolute atomic E-state index is 8.90. The van der Waals surface area contributed by atoms with Crippen molar-refractivity contribution in [2.75, 3.05) is 0 Å². The van der Waals surface area contributed by atoms with E-state index in [4.69, 9.17) is 9.94 Å². The van der Waals surface area contributed by atoms with E-state index >= 15 is 0 Å². The van der Waals surface area contributed by atoms with Gasteiger partial charge >= 0.3 is 0 Å². The van der Waals surface area contributed by atoms with Crippen molar-refractivity contribution in [2.45, 2.75) is 27.4 Å². The summed E-state index contributed by atoms with van der Waals surface area (Å²) in [4.78, 5) is 0. The smallest absolute Gasteiger partial charge is 0.128 e. The second-order valence-corrected chi connectivity index (χ2v) is 4.89. The Hall–Kier alpha value is -2.29. The van der Waals surface area contributed by atoms with Crippen LogP contribution in [0.4, 0.5) is 0 Å². The minimum absolute atomic E-state index is 0.497. The normalized spacial score (nSPS) is 11.4. The number of benzene rings is 2. The topological polar surface area (TPSA) is 41.8 Å². The first-order valence-corrected chi connectivity index (χ1v) is 6.59. The van der Waals surface area contributed by atoms with Crippen LogP contribution in [0.5, 0.6) is 5.75 Å². The van der Waals surface area contributed by atoms with E-state index in [1.807, 2.05) is 24.3 Å². The zero-order chi connectivity index (χ0) is 14.5. The van der Waals surface area contributed by atoms with Gasteiger partial charge in [-0.15, -0.1) is 0 Å². The van der Waals surface area contributed by atoms with Gasteiger partial charge < -0.3 is 9.94 Å². The number of para-hydroxylation sites is 1. The van der Waals surface area contributed by atoms with Crippen LogP contribution in [-0.4, -0.2) is 10.9 Å². The van der Waals surface area contributed by atoms with E-state index in [9.17, 15) is 0 Å². The van der Waals surface area contributed by atoms with Gasteiger partial charge in [-0.1, -0.05) is 35.5 Å². The molecule has 0 amide bonds. The Balaban J connectivity index is 2.17. The molecule has 0 aliphatic rings. The SMILES string of the molecule is CC(=NO)c1ccccc1OCc1ccc(C)c(C)c1. The van der Waals surface area contributed by atoms with Crippen LogP contribution < -0.4 is 4.74 Å². The average Bonchev–Trinajstić information content (AvgIpc) is 2.48. The van der Waals surface area contributed by atoms with Crippen LogP contribution in [0, 0.1) is 13.8 Å². The largest absolute Gasteiger partial charge is 0.488 e. The van der Waals surface area contributed by atoms with Crippen molar-refractivity contribution in [2.24, 2.45) is 5.16 Å². The van der Waals surface area contributed by atoms with Gasteiger partial charge in [-0.05, 0) is 49.6 Å². The van der Waals surface area contributed by atoms with Gasteiger partial charge in [0.1, 0.15) is 12.4 Å². The molecule has 2 rings (SSSR count). The summed E-state index contributed by atoms with van der Waals surface area (Å²) in [6.45, 7) is 6.43. The van der Waals surface area contributed by atoms with Crippen LogP contribution in [0.15, 0.2) is 47.6 Å². The van der Waals surface area contributed by atoms with Gasteiger partial charge in [-0.25, -0.2) is 0 Å². The lowest BCUT2D eigenvalue weighted by molar-refractivity contribution is 0.303. The maximum atomic E-state index is 8.90. The molecule has 2 aromatic carbocycles. The van der Waals surface area contributed by atoms with Crippen molar-refractivity contribution in [3.8, 4) is 5.75 Å². The number of hydrogen-bond acceptors (Lipinski definition) is 3. The van der Waals surface area contributed by atoms with Crippen molar-refractivity contribution in [1.82, 2.24) is 0 Å². The number of nitrogens with zero attached hydrogens (tertiary/aromatic N) is 1. The van der Waals surface area contributed by atoms with E-state index in [0.717, 1.165) is 16.9 Å². The standard InChI is InChI=1S/C17H19NO2/c1-12-8-9-15(10-13(12)2)11-20-17-7-5-4-6-16(17)14(3)18-19/h4-10,19H,11H2,1-3H3. The van der Waals surface area contributed by atoms with Crippen LogP contribution in [0.3, 0.4) is 0 Å². The second kappa shape index (κ2) is 6.24. The zero-order valence-electron chi connectivity index (χ0n) is 12.1. The van der Waals surface area contributed by atoms with Crippen LogP contribution in [0.2, 0.25) is 0 Å². The van der Waals surface area contributed by atoms with E-state index in [1.54, 1.807) is 6.92 Å². The highest BCUT2D eigenvalue weighted by Crippen LogP contribution is 2.20. The lowest BCUT2D eigenvalue weighted by Gasteiger charge is -2.11. The molecule has 0 fully saturated rings. The summed E-state index contributed by atoms with van der Waals surface area (Å²) < 4.78 is 5.85. The molecule has 0 atom stereocenters. The summed E-state index contributed by atoms with van der Waals surface area (Å²) >= 11 is 0. The lowest BCUT2D eigenvalue weighted by atomic mass is 10.1. The minimum atomic E-state index is 0.497. The van der Waals surface area contributed by atoms with Gasteiger partial charge in [0.25, 0.3) is 0 Å². The number of aryl methyl sites for hydroxylation is 2. The first-order chi connectivity index (χ1) is 9.61. The molecule has 0 radical (unpaired) electrons. The molecule has 3 heteroatoms. The van der Waals surface area contributed by atoms with Crippen LogP contribution in [0.25, 0.3) is 0 Å². The monoisotopic (exact) mass is 269 g/mol. The van der Waals surface area contributed by atoms with Crippen LogP contribution in [-0.2, 0) is 6.61 Å². The summed E-state index contributed by atoms with van der Waals surface area (Å²) in [6.07, 6.45) is 0. The molecule has 0 saturated heterocycles. The highest BCUT2D eigenvalue weighted by molar-refractivity contribution is 6.00. The third kappa shape index (κ3) is 3.18. The molecular formula is C17H19NO2. The van der Waals surface area contributed by atoms with Crippen molar-refractivity contribution in [3.05, 3.63) is 64.7 Å². The molecule has 2 aromatic rings. The van der Waals surface area contributed by atoms with Gasteiger partial charge in [0.2, 0.25) is 0 Å². The number of rotatable bonds is 4. The van der Waals surface area contributed by atoms with E-state index in [0.29, 0.717) is 12.3 Å². The third-order valence-corrected chi connectivity index (χ3v) is 3.39. The summed E-state index contributed by atoms with van der Waals surface area (Å²) in [6, 6.07) is 13.9. The van der Waals surface area contributed by atoms with Gasteiger partial charge in [-0.3, -0.25) is 0 Å². The summed E-state index contributed by atoms with van der Waals surface area (Å²) in [5.41, 5.74) is 5.01. The number of oxime groups is 1. The molecule has 0 aliphatic heterocycles. The molecule has 0 saturated carbocycles. The van der Waals surface area contributed by atoms with Crippen molar-refractivity contribution in [1.29, 1.82) is 0 Å². The average molecular weight is 269 g/mol. The van der Waals surface area contributed by atoms with Gasteiger partial charge in [-0.2, -0.15) is 0 Å². The molecule has 1 N–H and O–H groups in total. The Kier molecular flexibility index (Phi) is 4.41. The van der Waals surface area contributed by atoms with Gasteiger partial charge in [0.05, 0.1) is 5.71 Å². The quantitative estimate of drug-likeness (QED) is 0.516. The minimum Gasteiger partial charge on any atom is -0.488 e. The van der Waals surface area contributed by atoms with Crippen LogP contribution >= 0.6 is 0 Å². The van der Waals surface area contributed by atoms with Crippen molar-refractivity contribution >= 4 is 5.71 Å². The molecule has 104 valence electrons. The molecule has 0 spiro atoms. The predicted octanol–water partition coefficient (Wildman–Crippen LogP) is 4.08.